The summed E-state index contributed by atoms with van der Waals surface area (Å²) in [6.45, 7) is 2.00. The smallest absolute Gasteiger partial charge is 0.348 e. The molecule has 0 spiro atoms. The van der Waals surface area contributed by atoms with Crippen molar-refractivity contribution in [1.82, 2.24) is 4.98 Å². The lowest BCUT2D eigenvalue weighted by atomic mass is 10.2. The fraction of sp³-hybridized carbons (Fsp3) is 0.200. The molecule has 0 aromatic carbocycles. The highest BCUT2D eigenvalue weighted by Gasteiger charge is 2.15. The molecule has 0 unspecified atom stereocenters. The highest BCUT2D eigenvalue weighted by Crippen LogP contribution is 2.32. The van der Waals surface area contributed by atoms with Crippen LogP contribution in [0.4, 0.5) is 5.69 Å². The quantitative estimate of drug-likeness (QED) is 0.816. The Morgan fingerprint density at radius 2 is 2.33 bits per heavy atom. The number of thiophene rings is 1. The number of hydrogen-bond donors (Lipinski definition) is 2. The molecule has 2 aromatic heterocycles. The Hall–Kier alpha value is -1.62. The number of nitrogen functional groups attached to an aromatic ring is 1. The summed E-state index contributed by atoms with van der Waals surface area (Å²) >= 11 is 1.13. The van der Waals surface area contributed by atoms with Gasteiger partial charge in [0.2, 0.25) is 0 Å². The monoisotopic (exact) mass is 222 g/mol. The lowest BCUT2D eigenvalue weighted by Gasteiger charge is -1.95. The first-order chi connectivity index (χ1) is 7.13. The maximum atomic E-state index is 10.8. The first kappa shape index (κ1) is 9.92. The zero-order chi connectivity index (χ0) is 11.0. The molecule has 0 bridgehead atoms. The van der Waals surface area contributed by atoms with Crippen molar-refractivity contribution < 1.29 is 9.90 Å². The Labute approximate surface area is 90.4 Å². The summed E-state index contributed by atoms with van der Waals surface area (Å²) in [5.41, 5.74) is 6.98. The molecule has 5 heteroatoms. The Morgan fingerprint density at radius 1 is 1.60 bits per heavy atom. The van der Waals surface area contributed by atoms with E-state index in [0.29, 0.717) is 10.5 Å². The van der Waals surface area contributed by atoms with Gasteiger partial charge < -0.3 is 10.8 Å². The van der Waals surface area contributed by atoms with Gasteiger partial charge in [-0.2, -0.15) is 0 Å². The number of carbonyl (C=O) groups is 1. The highest BCUT2D eigenvalue weighted by molar-refractivity contribution is 7.21. The van der Waals surface area contributed by atoms with Gasteiger partial charge in [-0.15, -0.1) is 11.3 Å². The average molecular weight is 222 g/mol. The second-order valence-electron chi connectivity index (χ2n) is 3.16. The summed E-state index contributed by atoms with van der Waals surface area (Å²) in [5.74, 6) is -0.992. The molecular formula is C10H10N2O2S. The van der Waals surface area contributed by atoms with Gasteiger partial charge in [0, 0.05) is 11.1 Å². The summed E-state index contributed by atoms with van der Waals surface area (Å²) in [4.78, 5) is 16.1. The van der Waals surface area contributed by atoms with Gasteiger partial charge in [-0.05, 0) is 18.6 Å². The minimum absolute atomic E-state index is 0.172. The molecule has 0 saturated carbocycles. The molecule has 2 aromatic rings. The third-order valence-corrected chi connectivity index (χ3v) is 3.31. The minimum Gasteiger partial charge on any atom is -0.477 e. The van der Waals surface area contributed by atoms with Crippen LogP contribution in [0.5, 0.6) is 0 Å². The van der Waals surface area contributed by atoms with E-state index < -0.39 is 5.97 Å². The van der Waals surface area contributed by atoms with Gasteiger partial charge in [-0.3, -0.25) is 0 Å². The van der Waals surface area contributed by atoms with E-state index in [-0.39, 0.29) is 4.88 Å². The molecule has 0 amide bonds. The standard InChI is InChI=1S/C10H10N2O2S/c1-2-5-3-4-6-7(11)8(10(13)14)15-9(6)12-5/h3-4H,2,11H2,1H3,(H,13,14). The van der Waals surface area contributed by atoms with Crippen molar-refractivity contribution >= 4 is 33.2 Å². The zero-order valence-electron chi connectivity index (χ0n) is 8.15. The summed E-state index contributed by atoms with van der Waals surface area (Å²) in [7, 11) is 0. The number of hydrogen-bond acceptors (Lipinski definition) is 4. The number of carboxylic acids is 1. The zero-order valence-corrected chi connectivity index (χ0v) is 8.97. The van der Waals surface area contributed by atoms with E-state index in [1.807, 2.05) is 19.1 Å². The fourth-order valence-electron chi connectivity index (χ4n) is 1.39. The molecular weight excluding hydrogens is 212 g/mol. The summed E-state index contributed by atoms with van der Waals surface area (Å²) in [5, 5.41) is 9.63. The Bertz CT molecular complexity index is 533. The molecule has 0 fully saturated rings. The third-order valence-electron chi connectivity index (χ3n) is 2.21. The number of aromatic nitrogens is 1. The molecule has 2 rings (SSSR count). The normalized spacial score (nSPS) is 10.7. The maximum absolute atomic E-state index is 10.8. The largest absolute Gasteiger partial charge is 0.477 e. The molecule has 0 aliphatic carbocycles. The lowest BCUT2D eigenvalue weighted by molar-refractivity contribution is 0.0703. The predicted octanol–water partition coefficient (Wildman–Crippen LogP) is 2.14. The van der Waals surface area contributed by atoms with Crippen LogP contribution in [0.25, 0.3) is 10.2 Å². The van der Waals surface area contributed by atoms with Gasteiger partial charge in [-0.1, -0.05) is 6.92 Å². The van der Waals surface area contributed by atoms with Crippen molar-refractivity contribution in [2.45, 2.75) is 13.3 Å². The fourth-order valence-corrected chi connectivity index (χ4v) is 2.34. The van der Waals surface area contributed by atoms with Crippen LogP contribution in [0.1, 0.15) is 22.3 Å². The lowest BCUT2D eigenvalue weighted by Crippen LogP contribution is -1.96. The van der Waals surface area contributed by atoms with Gasteiger partial charge in [0.15, 0.2) is 0 Å². The number of fused-ring (bicyclic) bond motifs is 1. The van der Waals surface area contributed by atoms with Crippen LogP contribution in [0.15, 0.2) is 12.1 Å². The van der Waals surface area contributed by atoms with Crippen molar-refractivity contribution in [3.63, 3.8) is 0 Å². The van der Waals surface area contributed by atoms with E-state index in [4.69, 9.17) is 10.8 Å². The van der Waals surface area contributed by atoms with Gasteiger partial charge in [-0.25, -0.2) is 9.78 Å². The predicted molar refractivity (Wildman–Crippen MR) is 60.4 cm³/mol. The van der Waals surface area contributed by atoms with Gasteiger partial charge in [0.25, 0.3) is 0 Å². The van der Waals surface area contributed by atoms with Crippen LogP contribution in [0.2, 0.25) is 0 Å². The number of nitrogens with two attached hydrogens (primary N) is 1. The van der Waals surface area contributed by atoms with Gasteiger partial charge >= 0.3 is 5.97 Å². The molecule has 0 saturated heterocycles. The van der Waals surface area contributed by atoms with E-state index >= 15 is 0 Å². The molecule has 0 radical (unpaired) electrons. The molecule has 0 aliphatic rings. The Kier molecular flexibility index (Phi) is 2.32. The maximum Gasteiger partial charge on any atom is 0.348 e. The number of aryl methyl sites for hydroxylation is 1. The van der Waals surface area contributed by atoms with Crippen molar-refractivity contribution in [2.24, 2.45) is 0 Å². The molecule has 15 heavy (non-hydrogen) atoms. The summed E-state index contributed by atoms with van der Waals surface area (Å²) < 4.78 is 0. The van der Waals surface area contributed by atoms with Crippen LogP contribution < -0.4 is 5.73 Å². The number of nitrogens with zero attached hydrogens (tertiary/aromatic N) is 1. The molecule has 0 atom stereocenters. The Balaban J connectivity index is 2.70. The molecule has 4 nitrogen and oxygen atoms in total. The second kappa shape index (κ2) is 3.51. The Morgan fingerprint density at radius 3 is 2.93 bits per heavy atom. The van der Waals surface area contributed by atoms with Crippen molar-refractivity contribution in [3.8, 4) is 0 Å². The van der Waals surface area contributed by atoms with Crippen molar-refractivity contribution in [3.05, 3.63) is 22.7 Å². The number of anilines is 1. The van der Waals surface area contributed by atoms with Crippen LogP contribution in [-0.2, 0) is 6.42 Å². The van der Waals surface area contributed by atoms with E-state index in [9.17, 15) is 4.79 Å². The summed E-state index contributed by atoms with van der Waals surface area (Å²) in [6, 6.07) is 3.70. The molecule has 2 heterocycles. The second-order valence-corrected chi connectivity index (χ2v) is 4.16. The van der Waals surface area contributed by atoms with E-state index in [1.165, 1.54) is 0 Å². The third kappa shape index (κ3) is 1.55. The van der Waals surface area contributed by atoms with Crippen LogP contribution in [0, 0.1) is 0 Å². The average Bonchev–Trinajstić information content (AvgIpc) is 2.55. The van der Waals surface area contributed by atoms with Gasteiger partial charge in [0.1, 0.15) is 9.71 Å². The van der Waals surface area contributed by atoms with E-state index in [0.717, 1.165) is 28.8 Å². The van der Waals surface area contributed by atoms with Crippen LogP contribution in [0.3, 0.4) is 0 Å². The van der Waals surface area contributed by atoms with E-state index in [2.05, 4.69) is 4.98 Å². The number of aromatic carboxylic acids is 1. The number of carboxylic acid groups (broad SMARTS) is 1. The minimum atomic E-state index is -0.992. The van der Waals surface area contributed by atoms with Crippen molar-refractivity contribution in [1.29, 1.82) is 0 Å². The van der Waals surface area contributed by atoms with Crippen LogP contribution in [-0.4, -0.2) is 16.1 Å². The van der Waals surface area contributed by atoms with Crippen molar-refractivity contribution in [2.75, 3.05) is 5.73 Å². The molecule has 0 aliphatic heterocycles. The first-order valence-corrected chi connectivity index (χ1v) is 5.36. The number of rotatable bonds is 2. The first-order valence-electron chi connectivity index (χ1n) is 4.54. The highest BCUT2D eigenvalue weighted by atomic mass is 32.1. The topological polar surface area (TPSA) is 76.2 Å². The van der Waals surface area contributed by atoms with E-state index in [1.54, 1.807) is 0 Å². The molecule has 78 valence electrons. The number of pyridine rings is 1. The summed E-state index contributed by atoms with van der Waals surface area (Å²) in [6.07, 6.45) is 0.830. The van der Waals surface area contributed by atoms with Gasteiger partial charge in [0.05, 0.1) is 5.69 Å². The molecule has 3 N–H and O–H groups in total. The SMILES string of the molecule is CCc1ccc2c(N)c(C(=O)O)sc2n1. The van der Waals surface area contributed by atoms with Crippen LogP contribution >= 0.6 is 11.3 Å².